The predicted molar refractivity (Wildman–Crippen MR) is 66.9 cm³/mol. The molecule has 2 unspecified atom stereocenters. The first-order valence-electron chi connectivity index (χ1n) is 6.64. The fourth-order valence-electron chi connectivity index (χ4n) is 2.65. The van der Waals surface area contributed by atoms with Crippen LogP contribution in [-0.2, 0) is 0 Å². The summed E-state index contributed by atoms with van der Waals surface area (Å²) in [5.41, 5.74) is 6.26. The Kier molecular flexibility index (Phi) is 5.62. The lowest BCUT2D eigenvalue weighted by Crippen LogP contribution is -2.41. The quantitative estimate of drug-likeness (QED) is 0.726. The van der Waals surface area contributed by atoms with Gasteiger partial charge >= 0.3 is 0 Å². The van der Waals surface area contributed by atoms with Crippen LogP contribution in [-0.4, -0.2) is 30.1 Å². The van der Waals surface area contributed by atoms with E-state index in [1.54, 1.807) is 0 Å². The first-order chi connectivity index (χ1) is 7.15. The molecule has 2 atom stereocenters. The van der Waals surface area contributed by atoms with Crippen molar-refractivity contribution in [3.05, 3.63) is 0 Å². The Morgan fingerprint density at radius 1 is 1.20 bits per heavy atom. The minimum Gasteiger partial charge on any atom is -0.327 e. The molecule has 0 amide bonds. The fourth-order valence-corrected chi connectivity index (χ4v) is 2.65. The van der Waals surface area contributed by atoms with E-state index in [2.05, 4.69) is 25.7 Å². The largest absolute Gasteiger partial charge is 0.327 e. The van der Waals surface area contributed by atoms with Gasteiger partial charge in [0.25, 0.3) is 0 Å². The Morgan fingerprint density at radius 2 is 1.87 bits per heavy atom. The minimum atomic E-state index is 0.445. The topological polar surface area (TPSA) is 29.3 Å². The Hall–Kier alpha value is -0.0800. The lowest BCUT2D eigenvalue weighted by atomic mass is 9.94. The molecule has 2 nitrogen and oxygen atoms in total. The molecule has 0 aliphatic heterocycles. The molecule has 1 fully saturated rings. The van der Waals surface area contributed by atoms with Crippen molar-refractivity contribution in [3.63, 3.8) is 0 Å². The molecule has 0 aromatic rings. The molecule has 1 rings (SSSR count). The molecule has 2 heteroatoms. The molecular weight excluding hydrogens is 184 g/mol. The molecule has 15 heavy (non-hydrogen) atoms. The van der Waals surface area contributed by atoms with Gasteiger partial charge in [0, 0.05) is 18.6 Å². The van der Waals surface area contributed by atoms with E-state index in [0.717, 1.165) is 12.5 Å². The van der Waals surface area contributed by atoms with Gasteiger partial charge in [0.1, 0.15) is 0 Å². The first kappa shape index (κ1) is 13.0. The van der Waals surface area contributed by atoms with Crippen molar-refractivity contribution in [1.29, 1.82) is 0 Å². The molecule has 90 valence electrons. The maximum absolute atomic E-state index is 6.26. The summed E-state index contributed by atoms with van der Waals surface area (Å²) in [5.74, 6) is 0.731. The lowest BCUT2D eigenvalue weighted by molar-refractivity contribution is 0.178. The predicted octanol–water partition coefficient (Wildman–Crippen LogP) is 2.62. The normalized spacial score (nSPS) is 28.4. The van der Waals surface area contributed by atoms with Crippen molar-refractivity contribution in [2.24, 2.45) is 11.7 Å². The van der Waals surface area contributed by atoms with Crippen LogP contribution in [0.4, 0.5) is 0 Å². The highest BCUT2D eigenvalue weighted by molar-refractivity contribution is 4.79. The zero-order valence-corrected chi connectivity index (χ0v) is 10.7. The zero-order chi connectivity index (χ0) is 11.3. The van der Waals surface area contributed by atoms with Gasteiger partial charge in [0.05, 0.1) is 0 Å². The summed E-state index contributed by atoms with van der Waals surface area (Å²) in [6.07, 6.45) is 6.68. The van der Waals surface area contributed by atoms with E-state index in [0.29, 0.717) is 12.1 Å². The molecule has 0 aromatic carbocycles. The van der Waals surface area contributed by atoms with Crippen LogP contribution in [0.2, 0.25) is 0 Å². The van der Waals surface area contributed by atoms with Gasteiger partial charge in [-0.3, -0.25) is 0 Å². The molecule has 0 heterocycles. The van der Waals surface area contributed by atoms with Gasteiger partial charge in [-0.05, 0) is 39.2 Å². The number of hydrogen-bond donors (Lipinski definition) is 1. The van der Waals surface area contributed by atoms with E-state index in [9.17, 15) is 0 Å². The van der Waals surface area contributed by atoms with Crippen molar-refractivity contribution >= 4 is 0 Å². The average Bonchev–Trinajstić information content (AvgIpc) is 2.39. The summed E-state index contributed by atoms with van der Waals surface area (Å²) in [6, 6.07) is 1.10. The van der Waals surface area contributed by atoms with Gasteiger partial charge in [-0.25, -0.2) is 0 Å². The molecule has 1 saturated carbocycles. The van der Waals surface area contributed by atoms with E-state index >= 15 is 0 Å². The Bertz CT molecular complexity index is 168. The van der Waals surface area contributed by atoms with Crippen molar-refractivity contribution in [2.45, 2.75) is 65.0 Å². The van der Waals surface area contributed by atoms with Crippen LogP contribution in [0.1, 0.15) is 52.9 Å². The van der Waals surface area contributed by atoms with Crippen molar-refractivity contribution < 1.29 is 0 Å². The highest BCUT2D eigenvalue weighted by Gasteiger charge is 2.23. The van der Waals surface area contributed by atoms with Crippen LogP contribution >= 0.6 is 0 Å². The third kappa shape index (κ3) is 4.12. The van der Waals surface area contributed by atoms with Crippen LogP contribution < -0.4 is 5.73 Å². The second-order valence-corrected chi connectivity index (χ2v) is 5.24. The summed E-state index contributed by atoms with van der Waals surface area (Å²) < 4.78 is 0. The van der Waals surface area contributed by atoms with E-state index < -0.39 is 0 Å². The van der Waals surface area contributed by atoms with Crippen LogP contribution in [0.3, 0.4) is 0 Å². The minimum absolute atomic E-state index is 0.445. The maximum Gasteiger partial charge on any atom is 0.00793 e. The first-order valence-corrected chi connectivity index (χ1v) is 6.64. The number of nitrogens with two attached hydrogens (primary N) is 1. The number of nitrogens with zero attached hydrogens (tertiary/aromatic N) is 1. The van der Waals surface area contributed by atoms with Gasteiger partial charge in [-0.2, -0.15) is 0 Å². The molecule has 2 N–H and O–H groups in total. The van der Waals surface area contributed by atoms with Crippen molar-refractivity contribution in [2.75, 3.05) is 13.1 Å². The smallest absolute Gasteiger partial charge is 0.00793 e. The zero-order valence-electron chi connectivity index (χ0n) is 10.7. The van der Waals surface area contributed by atoms with E-state index in [4.69, 9.17) is 5.73 Å². The van der Waals surface area contributed by atoms with E-state index in [1.807, 2.05) is 0 Å². The summed E-state index contributed by atoms with van der Waals surface area (Å²) in [7, 11) is 0. The van der Waals surface area contributed by atoms with Gasteiger partial charge in [-0.1, -0.05) is 26.2 Å². The summed E-state index contributed by atoms with van der Waals surface area (Å²) >= 11 is 0. The third-order valence-electron chi connectivity index (χ3n) is 3.82. The van der Waals surface area contributed by atoms with E-state index in [1.165, 1.54) is 38.6 Å². The highest BCUT2D eigenvalue weighted by atomic mass is 15.1. The van der Waals surface area contributed by atoms with Crippen LogP contribution in [0.15, 0.2) is 0 Å². The molecule has 0 spiro atoms. The second kappa shape index (κ2) is 6.49. The molecule has 0 radical (unpaired) electrons. The second-order valence-electron chi connectivity index (χ2n) is 5.24. The van der Waals surface area contributed by atoms with Gasteiger partial charge in [-0.15, -0.1) is 0 Å². The molecule has 0 aromatic heterocycles. The Labute approximate surface area is 95.2 Å². The van der Waals surface area contributed by atoms with Crippen LogP contribution in [0.5, 0.6) is 0 Å². The molecular formula is C13H28N2. The lowest BCUT2D eigenvalue weighted by Gasteiger charge is -2.31. The monoisotopic (exact) mass is 212 g/mol. The van der Waals surface area contributed by atoms with Crippen molar-refractivity contribution in [3.8, 4) is 0 Å². The SMILES string of the molecule is CCN(CC1CCCCCC1N)C(C)C. The molecule has 1 aliphatic carbocycles. The summed E-state index contributed by atoms with van der Waals surface area (Å²) in [6.45, 7) is 9.18. The Balaban J connectivity index is 2.45. The molecule has 0 bridgehead atoms. The molecule has 1 aliphatic rings. The number of rotatable bonds is 4. The maximum atomic E-state index is 6.26. The highest BCUT2D eigenvalue weighted by Crippen LogP contribution is 2.23. The average molecular weight is 212 g/mol. The van der Waals surface area contributed by atoms with Gasteiger partial charge in [0.15, 0.2) is 0 Å². The third-order valence-corrected chi connectivity index (χ3v) is 3.82. The standard InChI is InChI=1S/C13H28N2/c1-4-15(11(2)3)10-12-8-6-5-7-9-13(12)14/h11-13H,4-10,14H2,1-3H3. The van der Waals surface area contributed by atoms with Crippen molar-refractivity contribution in [1.82, 2.24) is 4.90 Å². The summed E-state index contributed by atoms with van der Waals surface area (Å²) in [5, 5.41) is 0. The van der Waals surface area contributed by atoms with Crippen LogP contribution in [0.25, 0.3) is 0 Å². The van der Waals surface area contributed by atoms with E-state index in [-0.39, 0.29) is 0 Å². The molecule has 0 saturated heterocycles. The van der Waals surface area contributed by atoms with Gasteiger partial charge < -0.3 is 10.6 Å². The number of hydrogen-bond acceptors (Lipinski definition) is 2. The van der Waals surface area contributed by atoms with Gasteiger partial charge in [0.2, 0.25) is 0 Å². The Morgan fingerprint density at radius 3 is 2.47 bits per heavy atom. The van der Waals surface area contributed by atoms with Crippen LogP contribution in [0, 0.1) is 5.92 Å². The fraction of sp³-hybridized carbons (Fsp3) is 1.00. The summed E-state index contributed by atoms with van der Waals surface area (Å²) in [4.78, 5) is 2.55.